The van der Waals surface area contributed by atoms with Crippen LogP contribution in [-0.2, 0) is 11.3 Å². The molecule has 0 spiro atoms. The minimum absolute atomic E-state index is 0.0863. The number of nitrogens with zero attached hydrogens (tertiary/aromatic N) is 4. The van der Waals surface area contributed by atoms with Crippen LogP contribution in [-0.4, -0.2) is 73.2 Å². The molecule has 2 saturated heterocycles. The van der Waals surface area contributed by atoms with E-state index in [0.29, 0.717) is 44.4 Å². The van der Waals surface area contributed by atoms with Gasteiger partial charge in [0.25, 0.3) is 5.91 Å². The van der Waals surface area contributed by atoms with Gasteiger partial charge in [-0.05, 0) is 12.1 Å². The summed E-state index contributed by atoms with van der Waals surface area (Å²) < 4.78 is 10.8. The molecule has 144 valence electrons. The van der Waals surface area contributed by atoms with Crippen molar-refractivity contribution in [3.63, 3.8) is 0 Å². The number of piperazine rings is 1. The van der Waals surface area contributed by atoms with Gasteiger partial charge in [-0.15, -0.1) is 0 Å². The smallest absolute Gasteiger partial charge is 0.275 e. The number of hydrogen-bond donors (Lipinski definition) is 0. The predicted octanol–water partition coefficient (Wildman–Crippen LogP) is 2.12. The minimum Gasteiger partial charge on any atom is -0.447 e. The molecule has 2 fully saturated rings. The van der Waals surface area contributed by atoms with Gasteiger partial charge in [0.15, 0.2) is 5.69 Å². The number of carbonyl (C=O) groups excluding carboxylic acids is 1. The Morgan fingerprint density at radius 1 is 1.07 bits per heavy atom. The van der Waals surface area contributed by atoms with Gasteiger partial charge in [-0.2, -0.15) is 0 Å². The molecule has 1 aromatic heterocycles. The van der Waals surface area contributed by atoms with E-state index < -0.39 is 0 Å². The van der Waals surface area contributed by atoms with Gasteiger partial charge < -0.3 is 19.0 Å². The molecule has 8 heteroatoms. The molecule has 4 rings (SSSR count). The molecule has 1 amide bonds. The van der Waals surface area contributed by atoms with Crippen molar-refractivity contribution in [1.82, 2.24) is 14.8 Å². The molecule has 2 aliphatic rings. The summed E-state index contributed by atoms with van der Waals surface area (Å²) in [7, 11) is 0. The second-order valence-electron chi connectivity index (χ2n) is 6.75. The zero-order chi connectivity index (χ0) is 18.6. The fraction of sp³-hybridized carbons (Fsp3) is 0.474. The Kier molecular flexibility index (Phi) is 5.61. The van der Waals surface area contributed by atoms with Crippen molar-refractivity contribution >= 4 is 23.2 Å². The lowest BCUT2D eigenvalue weighted by Gasteiger charge is -2.35. The molecule has 2 aromatic rings. The van der Waals surface area contributed by atoms with Crippen LogP contribution in [0.1, 0.15) is 16.4 Å². The molecule has 0 saturated carbocycles. The molecular weight excluding hydrogens is 368 g/mol. The fourth-order valence-corrected chi connectivity index (χ4v) is 3.71. The Labute approximate surface area is 163 Å². The highest BCUT2D eigenvalue weighted by Gasteiger charge is 2.24. The van der Waals surface area contributed by atoms with E-state index in [1.54, 1.807) is 4.90 Å². The zero-order valence-corrected chi connectivity index (χ0v) is 15.9. The van der Waals surface area contributed by atoms with Gasteiger partial charge in [0.2, 0.25) is 5.89 Å². The van der Waals surface area contributed by atoms with Crippen molar-refractivity contribution in [3.05, 3.63) is 47.1 Å². The topological polar surface area (TPSA) is 62.1 Å². The summed E-state index contributed by atoms with van der Waals surface area (Å²) >= 11 is 6.30. The van der Waals surface area contributed by atoms with Gasteiger partial charge >= 0.3 is 0 Å². The van der Waals surface area contributed by atoms with E-state index in [4.69, 9.17) is 20.8 Å². The number of benzene rings is 1. The van der Waals surface area contributed by atoms with Gasteiger partial charge in [-0.3, -0.25) is 9.69 Å². The van der Waals surface area contributed by atoms with Crippen LogP contribution < -0.4 is 4.90 Å². The number of aromatic nitrogens is 1. The third-order valence-corrected chi connectivity index (χ3v) is 5.31. The van der Waals surface area contributed by atoms with Crippen molar-refractivity contribution in [2.75, 3.05) is 57.4 Å². The predicted molar refractivity (Wildman–Crippen MR) is 102 cm³/mol. The Hall–Kier alpha value is -2.09. The van der Waals surface area contributed by atoms with Crippen molar-refractivity contribution in [2.45, 2.75) is 6.54 Å². The van der Waals surface area contributed by atoms with Crippen LogP contribution in [0.5, 0.6) is 0 Å². The van der Waals surface area contributed by atoms with E-state index in [-0.39, 0.29) is 5.91 Å². The number of oxazole rings is 1. The normalized spacial score (nSPS) is 18.7. The van der Waals surface area contributed by atoms with Crippen molar-refractivity contribution in [1.29, 1.82) is 0 Å². The highest BCUT2D eigenvalue weighted by atomic mass is 35.5. The van der Waals surface area contributed by atoms with Crippen LogP contribution in [0.2, 0.25) is 5.02 Å². The van der Waals surface area contributed by atoms with Gasteiger partial charge in [0.1, 0.15) is 6.26 Å². The molecule has 0 aliphatic carbocycles. The largest absolute Gasteiger partial charge is 0.447 e. The lowest BCUT2D eigenvalue weighted by atomic mass is 10.2. The SMILES string of the molecule is O=C(c1coc(CN2CCN(c3ccccc3Cl)CC2)n1)N1CCOCC1. The summed E-state index contributed by atoms with van der Waals surface area (Å²) in [5, 5.41) is 0.782. The van der Waals surface area contributed by atoms with Crippen LogP contribution in [0.3, 0.4) is 0 Å². The Morgan fingerprint density at radius 3 is 2.56 bits per heavy atom. The van der Waals surface area contributed by atoms with Crippen molar-refractivity contribution in [3.8, 4) is 0 Å². The summed E-state index contributed by atoms with van der Waals surface area (Å²) in [6.07, 6.45) is 1.47. The molecule has 1 aromatic carbocycles. The first kappa shape index (κ1) is 18.3. The molecule has 0 N–H and O–H groups in total. The van der Waals surface area contributed by atoms with Crippen molar-refractivity contribution in [2.24, 2.45) is 0 Å². The van der Waals surface area contributed by atoms with E-state index in [1.165, 1.54) is 6.26 Å². The average Bonchev–Trinajstić information content (AvgIpc) is 3.18. The van der Waals surface area contributed by atoms with E-state index in [1.807, 2.05) is 18.2 Å². The first-order chi connectivity index (χ1) is 13.2. The number of carbonyl (C=O) groups is 1. The number of halogens is 1. The van der Waals surface area contributed by atoms with E-state index in [0.717, 1.165) is 36.9 Å². The number of anilines is 1. The molecule has 0 bridgehead atoms. The summed E-state index contributed by atoms with van der Waals surface area (Å²) in [6.45, 7) is 6.52. The molecule has 0 unspecified atom stereocenters. The molecule has 27 heavy (non-hydrogen) atoms. The second-order valence-corrected chi connectivity index (χ2v) is 7.15. The van der Waals surface area contributed by atoms with E-state index in [9.17, 15) is 4.79 Å². The number of amides is 1. The fourth-order valence-electron chi connectivity index (χ4n) is 3.46. The van der Waals surface area contributed by atoms with Gasteiger partial charge in [-0.1, -0.05) is 23.7 Å². The Bertz CT molecular complexity index is 783. The summed E-state index contributed by atoms with van der Waals surface area (Å²) in [5.74, 6) is 0.495. The highest BCUT2D eigenvalue weighted by molar-refractivity contribution is 6.33. The molecule has 0 radical (unpaired) electrons. The quantitative estimate of drug-likeness (QED) is 0.797. The zero-order valence-electron chi connectivity index (χ0n) is 15.1. The number of rotatable bonds is 4. The third kappa shape index (κ3) is 4.26. The standard InChI is InChI=1S/C19H23ClN4O3/c20-15-3-1-2-4-17(15)23-7-5-22(6-8-23)13-18-21-16(14-27-18)19(25)24-9-11-26-12-10-24/h1-4,14H,5-13H2. The third-order valence-electron chi connectivity index (χ3n) is 4.99. The molecule has 2 aliphatic heterocycles. The average molecular weight is 391 g/mol. The first-order valence-corrected chi connectivity index (χ1v) is 9.62. The maximum absolute atomic E-state index is 12.5. The lowest BCUT2D eigenvalue weighted by molar-refractivity contribution is 0.0299. The minimum atomic E-state index is -0.0863. The summed E-state index contributed by atoms with van der Waals surface area (Å²) in [6, 6.07) is 7.92. The highest BCUT2D eigenvalue weighted by Crippen LogP contribution is 2.26. The molecule has 3 heterocycles. The van der Waals surface area contributed by atoms with E-state index in [2.05, 4.69) is 20.9 Å². The number of morpholine rings is 1. The summed E-state index contributed by atoms with van der Waals surface area (Å²) in [5.41, 5.74) is 1.45. The second kappa shape index (κ2) is 8.29. The summed E-state index contributed by atoms with van der Waals surface area (Å²) in [4.78, 5) is 23.2. The Balaban J connectivity index is 1.31. The van der Waals surface area contributed by atoms with Gasteiger partial charge in [0.05, 0.1) is 30.5 Å². The number of hydrogen-bond acceptors (Lipinski definition) is 6. The Morgan fingerprint density at radius 2 is 1.81 bits per heavy atom. The van der Waals surface area contributed by atoms with Crippen LogP contribution in [0, 0.1) is 0 Å². The maximum Gasteiger partial charge on any atom is 0.275 e. The molecular formula is C19H23ClN4O3. The van der Waals surface area contributed by atoms with E-state index >= 15 is 0 Å². The number of ether oxygens (including phenoxy) is 1. The monoisotopic (exact) mass is 390 g/mol. The van der Waals surface area contributed by atoms with Crippen molar-refractivity contribution < 1.29 is 13.9 Å². The maximum atomic E-state index is 12.5. The molecule has 0 atom stereocenters. The molecule has 7 nitrogen and oxygen atoms in total. The first-order valence-electron chi connectivity index (χ1n) is 9.24. The van der Waals surface area contributed by atoms with Crippen LogP contribution in [0.15, 0.2) is 34.9 Å². The van der Waals surface area contributed by atoms with Gasteiger partial charge in [0, 0.05) is 39.3 Å². The lowest BCUT2D eigenvalue weighted by Crippen LogP contribution is -2.46. The van der Waals surface area contributed by atoms with Crippen LogP contribution in [0.25, 0.3) is 0 Å². The number of para-hydroxylation sites is 1. The van der Waals surface area contributed by atoms with Crippen LogP contribution >= 0.6 is 11.6 Å². The van der Waals surface area contributed by atoms with Gasteiger partial charge in [-0.25, -0.2) is 4.98 Å². The van der Waals surface area contributed by atoms with Crippen LogP contribution in [0.4, 0.5) is 5.69 Å².